The number of hydrogen-bond acceptors (Lipinski definition) is 2. The molecule has 0 saturated heterocycles. The first-order valence-electron chi connectivity index (χ1n) is 4.49. The molecule has 0 saturated carbocycles. The maximum Gasteiger partial charge on any atom is 0.224 e. The number of carbonyl (C=O) groups is 1. The molecule has 0 aromatic carbocycles. The SMILES string of the molecule is CC(C)CC(=O)Nc1cnccc1Cl. The van der Waals surface area contributed by atoms with Crippen molar-refractivity contribution < 1.29 is 4.79 Å². The van der Waals surface area contributed by atoms with Crippen LogP contribution in [0.1, 0.15) is 20.3 Å². The van der Waals surface area contributed by atoms with Gasteiger partial charge in [-0.05, 0) is 12.0 Å². The zero-order valence-corrected chi connectivity index (χ0v) is 9.01. The van der Waals surface area contributed by atoms with E-state index in [0.717, 1.165) is 0 Å². The first-order chi connectivity index (χ1) is 6.59. The zero-order valence-electron chi connectivity index (χ0n) is 8.25. The van der Waals surface area contributed by atoms with Gasteiger partial charge >= 0.3 is 0 Å². The van der Waals surface area contributed by atoms with Gasteiger partial charge in [0.05, 0.1) is 16.9 Å². The van der Waals surface area contributed by atoms with Crippen LogP contribution in [-0.2, 0) is 4.79 Å². The second-order valence-electron chi connectivity index (χ2n) is 3.50. The topological polar surface area (TPSA) is 42.0 Å². The summed E-state index contributed by atoms with van der Waals surface area (Å²) < 4.78 is 0. The van der Waals surface area contributed by atoms with Crippen LogP contribution < -0.4 is 5.32 Å². The first kappa shape index (κ1) is 11.0. The molecule has 4 heteroatoms. The van der Waals surface area contributed by atoms with E-state index in [0.29, 0.717) is 23.0 Å². The van der Waals surface area contributed by atoms with Gasteiger partial charge in [-0.25, -0.2) is 0 Å². The molecule has 0 spiro atoms. The van der Waals surface area contributed by atoms with Gasteiger partial charge in [-0.3, -0.25) is 9.78 Å². The Morgan fingerprint density at radius 3 is 2.93 bits per heavy atom. The monoisotopic (exact) mass is 212 g/mol. The highest BCUT2D eigenvalue weighted by atomic mass is 35.5. The number of halogens is 1. The Balaban J connectivity index is 2.61. The lowest BCUT2D eigenvalue weighted by atomic mass is 10.1. The van der Waals surface area contributed by atoms with E-state index in [-0.39, 0.29) is 5.91 Å². The largest absolute Gasteiger partial charge is 0.323 e. The van der Waals surface area contributed by atoms with Crippen LogP contribution in [-0.4, -0.2) is 10.9 Å². The summed E-state index contributed by atoms with van der Waals surface area (Å²) in [7, 11) is 0. The van der Waals surface area contributed by atoms with Crippen molar-refractivity contribution in [3.05, 3.63) is 23.5 Å². The Labute approximate surface area is 88.5 Å². The van der Waals surface area contributed by atoms with Crippen molar-refractivity contribution in [1.29, 1.82) is 0 Å². The fourth-order valence-electron chi connectivity index (χ4n) is 1.04. The number of carbonyl (C=O) groups excluding carboxylic acids is 1. The maximum atomic E-state index is 11.4. The summed E-state index contributed by atoms with van der Waals surface area (Å²) in [6.45, 7) is 3.98. The lowest BCUT2D eigenvalue weighted by molar-refractivity contribution is -0.116. The van der Waals surface area contributed by atoms with Crippen LogP contribution in [0.2, 0.25) is 5.02 Å². The highest BCUT2D eigenvalue weighted by molar-refractivity contribution is 6.33. The lowest BCUT2D eigenvalue weighted by Gasteiger charge is -2.07. The van der Waals surface area contributed by atoms with Crippen LogP contribution >= 0.6 is 11.6 Å². The van der Waals surface area contributed by atoms with Crippen molar-refractivity contribution in [3.8, 4) is 0 Å². The molecule has 0 aliphatic carbocycles. The van der Waals surface area contributed by atoms with E-state index in [1.807, 2.05) is 13.8 Å². The standard InChI is InChI=1S/C10H13ClN2O/c1-7(2)5-10(14)13-9-6-12-4-3-8(9)11/h3-4,6-7H,5H2,1-2H3,(H,13,14). The summed E-state index contributed by atoms with van der Waals surface area (Å²) in [4.78, 5) is 15.3. The molecule has 0 aliphatic heterocycles. The third-order valence-electron chi connectivity index (χ3n) is 1.64. The summed E-state index contributed by atoms with van der Waals surface area (Å²) in [6.07, 6.45) is 3.62. The number of pyridine rings is 1. The molecule has 0 aliphatic rings. The van der Waals surface area contributed by atoms with Gasteiger partial charge in [-0.15, -0.1) is 0 Å². The third-order valence-corrected chi connectivity index (χ3v) is 1.97. The maximum absolute atomic E-state index is 11.4. The molecule has 0 atom stereocenters. The molecular formula is C10H13ClN2O. The highest BCUT2D eigenvalue weighted by Gasteiger charge is 2.07. The van der Waals surface area contributed by atoms with E-state index in [1.54, 1.807) is 18.5 Å². The Morgan fingerprint density at radius 2 is 2.36 bits per heavy atom. The number of aromatic nitrogens is 1. The second-order valence-corrected chi connectivity index (χ2v) is 3.91. The van der Waals surface area contributed by atoms with Gasteiger partial charge in [0.1, 0.15) is 0 Å². The number of nitrogens with zero attached hydrogens (tertiary/aromatic N) is 1. The van der Waals surface area contributed by atoms with Gasteiger partial charge in [-0.1, -0.05) is 25.4 Å². The Morgan fingerprint density at radius 1 is 1.64 bits per heavy atom. The van der Waals surface area contributed by atoms with Crippen LogP contribution in [0, 0.1) is 5.92 Å². The molecule has 1 rings (SSSR count). The Hall–Kier alpha value is -1.09. The molecule has 1 heterocycles. The van der Waals surface area contributed by atoms with Crippen molar-refractivity contribution in [2.24, 2.45) is 5.92 Å². The molecule has 1 aromatic heterocycles. The molecule has 0 radical (unpaired) electrons. The van der Waals surface area contributed by atoms with E-state index in [4.69, 9.17) is 11.6 Å². The average molecular weight is 213 g/mol. The van der Waals surface area contributed by atoms with E-state index in [9.17, 15) is 4.79 Å². The lowest BCUT2D eigenvalue weighted by Crippen LogP contribution is -2.14. The van der Waals surface area contributed by atoms with E-state index in [1.165, 1.54) is 0 Å². The Bertz CT molecular complexity index is 326. The zero-order chi connectivity index (χ0) is 10.6. The van der Waals surface area contributed by atoms with Crippen molar-refractivity contribution in [2.75, 3.05) is 5.32 Å². The Kier molecular flexibility index (Phi) is 3.89. The van der Waals surface area contributed by atoms with Crippen LogP contribution in [0.3, 0.4) is 0 Å². The fraction of sp³-hybridized carbons (Fsp3) is 0.400. The smallest absolute Gasteiger partial charge is 0.224 e. The number of anilines is 1. The van der Waals surface area contributed by atoms with Crippen molar-refractivity contribution in [2.45, 2.75) is 20.3 Å². The van der Waals surface area contributed by atoms with Crippen molar-refractivity contribution in [1.82, 2.24) is 4.98 Å². The molecular weight excluding hydrogens is 200 g/mol. The molecule has 0 bridgehead atoms. The van der Waals surface area contributed by atoms with E-state index >= 15 is 0 Å². The van der Waals surface area contributed by atoms with Gasteiger partial charge in [0.2, 0.25) is 5.91 Å². The number of nitrogens with one attached hydrogen (secondary N) is 1. The van der Waals surface area contributed by atoms with E-state index < -0.39 is 0 Å². The first-order valence-corrected chi connectivity index (χ1v) is 4.86. The molecule has 1 N–H and O–H groups in total. The van der Waals surface area contributed by atoms with Crippen LogP contribution in [0.4, 0.5) is 5.69 Å². The molecule has 1 aromatic rings. The normalized spacial score (nSPS) is 10.3. The average Bonchev–Trinajstić information content (AvgIpc) is 2.07. The van der Waals surface area contributed by atoms with Gasteiger partial charge < -0.3 is 5.32 Å². The van der Waals surface area contributed by atoms with Crippen LogP contribution in [0.25, 0.3) is 0 Å². The summed E-state index contributed by atoms with van der Waals surface area (Å²) in [6, 6.07) is 1.65. The number of hydrogen-bond donors (Lipinski definition) is 1. The van der Waals surface area contributed by atoms with E-state index in [2.05, 4.69) is 10.3 Å². The van der Waals surface area contributed by atoms with Crippen LogP contribution in [0.5, 0.6) is 0 Å². The van der Waals surface area contributed by atoms with Gasteiger partial charge in [0, 0.05) is 12.6 Å². The molecule has 76 valence electrons. The molecule has 3 nitrogen and oxygen atoms in total. The summed E-state index contributed by atoms with van der Waals surface area (Å²) >= 11 is 5.85. The minimum Gasteiger partial charge on any atom is -0.323 e. The summed E-state index contributed by atoms with van der Waals surface area (Å²) in [5, 5.41) is 3.22. The predicted molar refractivity (Wildman–Crippen MR) is 57.3 cm³/mol. The molecule has 1 amide bonds. The third kappa shape index (κ3) is 3.34. The van der Waals surface area contributed by atoms with Crippen molar-refractivity contribution >= 4 is 23.2 Å². The minimum atomic E-state index is -0.0325. The molecule has 14 heavy (non-hydrogen) atoms. The number of rotatable bonds is 3. The quantitative estimate of drug-likeness (QED) is 0.837. The highest BCUT2D eigenvalue weighted by Crippen LogP contribution is 2.19. The number of amides is 1. The minimum absolute atomic E-state index is 0.0325. The van der Waals surface area contributed by atoms with Crippen molar-refractivity contribution in [3.63, 3.8) is 0 Å². The fourth-order valence-corrected chi connectivity index (χ4v) is 1.19. The second kappa shape index (κ2) is 4.96. The van der Waals surface area contributed by atoms with Gasteiger partial charge in [-0.2, -0.15) is 0 Å². The van der Waals surface area contributed by atoms with Gasteiger partial charge in [0.25, 0.3) is 0 Å². The summed E-state index contributed by atoms with van der Waals surface area (Å²) in [5.74, 6) is 0.306. The predicted octanol–water partition coefficient (Wildman–Crippen LogP) is 2.72. The summed E-state index contributed by atoms with van der Waals surface area (Å²) in [5.41, 5.74) is 0.569. The molecule has 0 unspecified atom stereocenters. The van der Waals surface area contributed by atoms with Crippen LogP contribution in [0.15, 0.2) is 18.5 Å². The molecule has 0 fully saturated rings. The van der Waals surface area contributed by atoms with Gasteiger partial charge in [0.15, 0.2) is 0 Å².